The van der Waals surface area contributed by atoms with E-state index in [4.69, 9.17) is 4.89 Å². The van der Waals surface area contributed by atoms with E-state index in [1.165, 1.54) is 25.7 Å². The van der Waals surface area contributed by atoms with E-state index in [0.717, 1.165) is 31.3 Å². The lowest BCUT2D eigenvalue weighted by Crippen LogP contribution is -2.54. The minimum atomic E-state index is -0.673. The average molecular weight is 459 g/mol. The number of carbonyl (C=O) groups is 1. The highest BCUT2D eigenvalue weighted by Gasteiger charge is 2.61. The van der Waals surface area contributed by atoms with E-state index in [2.05, 4.69) is 41.2 Å². The third-order valence-corrected chi connectivity index (χ3v) is 11.2. The van der Waals surface area contributed by atoms with Crippen LogP contribution in [0.5, 0.6) is 0 Å². The Morgan fingerprint density at radius 2 is 1.94 bits per heavy atom. The highest BCUT2D eigenvalue weighted by molar-refractivity contribution is 5.91. The van der Waals surface area contributed by atoms with E-state index in [0.29, 0.717) is 41.4 Å². The standard InChI is InChI=1S/C29H46O4/c1-7-29(33-32,18(2)3)15-10-19(4)22-8-9-23-21-17-26(31)25-16-20(30)11-13-28(25,6)24(21)12-14-27(22,23)5/h7,16,18-19,21-24,26,31-32H,1,8-15,17H2,2-6H3/t19-,21?,22?,23?,24?,26?,27-,28-,29?/m1/s1. The average Bonchev–Trinajstić information content (AvgIpc) is 3.13. The zero-order chi connectivity index (χ0) is 24.2. The van der Waals surface area contributed by atoms with E-state index in [-0.39, 0.29) is 17.1 Å². The minimum Gasteiger partial charge on any atom is -0.389 e. The van der Waals surface area contributed by atoms with E-state index in [1.54, 1.807) is 12.2 Å². The SMILES string of the molecule is C=CC(CC[C@@H](C)C1CCC2C3CC(O)C4=CC(=O)CC[C@]4(C)C3CC[C@@]21C)(OO)C(C)C. The second-order valence-electron chi connectivity index (χ2n) is 12.8. The fourth-order valence-corrected chi connectivity index (χ4v) is 9.05. The van der Waals surface area contributed by atoms with Crippen LogP contribution in [0.4, 0.5) is 0 Å². The Morgan fingerprint density at radius 1 is 1.21 bits per heavy atom. The number of hydrogen-bond donors (Lipinski definition) is 2. The lowest BCUT2D eigenvalue weighted by atomic mass is 9.46. The van der Waals surface area contributed by atoms with Crippen LogP contribution in [0, 0.1) is 46.3 Å². The summed E-state index contributed by atoms with van der Waals surface area (Å²) in [7, 11) is 0. The summed E-state index contributed by atoms with van der Waals surface area (Å²) in [5.41, 5.74) is 0.649. The molecule has 6 unspecified atom stereocenters. The molecule has 0 heterocycles. The van der Waals surface area contributed by atoms with Crippen molar-refractivity contribution in [2.75, 3.05) is 0 Å². The normalized spacial score (nSPS) is 43.2. The molecule has 0 spiro atoms. The summed E-state index contributed by atoms with van der Waals surface area (Å²) in [5.74, 6) is 3.36. The lowest BCUT2D eigenvalue weighted by molar-refractivity contribution is -0.321. The van der Waals surface area contributed by atoms with Gasteiger partial charge in [-0.25, -0.2) is 4.89 Å². The van der Waals surface area contributed by atoms with Crippen molar-refractivity contribution in [3.05, 3.63) is 24.3 Å². The summed E-state index contributed by atoms with van der Waals surface area (Å²) < 4.78 is 0. The minimum absolute atomic E-state index is 0.0133. The van der Waals surface area contributed by atoms with Gasteiger partial charge in [-0.1, -0.05) is 40.7 Å². The van der Waals surface area contributed by atoms with Gasteiger partial charge in [0.1, 0.15) is 5.60 Å². The molecule has 4 heteroatoms. The first kappa shape index (κ1) is 25.1. The van der Waals surface area contributed by atoms with Gasteiger partial charge in [0.2, 0.25) is 0 Å². The topological polar surface area (TPSA) is 66.8 Å². The molecule has 9 atom stereocenters. The quantitative estimate of drug-likeness (QED) is 0.256. The van der Waals surface area contributed by atoms with Crippen LogP contribution in [0.15, 0.2) is 24.3 Å². The number of ketones is 1. The number of aliphatic hydroxyl groups is 1. The molecule has 3 saturated carbocycles. The second kappa shape index (κ2) is 8.91. The third kappa shape index (κ3) is 3.89. The Bertz CT molecular complexity index is 801. The van der Waals surface area contributed by atoms with Gasteiger partial charge in [0.05, 0.1) is 6.10 Å². The Labute approximate surface area is 200 Å². The molecule has 0 aromatic carbocycles. The van der Waals surface area contributed by atoms with Crippen molar-refractivity contribution < 1.29 is 20.0 Å². The fourth-order valence-electron chi connectivity index (χ4n) is 9.05. The van der Waals surface area contributed by atoms with Crippen molar-refractivity contribution in [3.8, 4) is 0 Å². The predicted octanol–water partition coefficient (Wildman–Crippen LogP) is 6.59. The predicted molar refractivity (Wildman–Crippen MR) is 131 cm³/mol. The Balaban J connectivity index is 1.52. The van der Waals surface area contributed by atoms with Gasteiger partial charge in [0.25, 0.3) is 0 Å². The molecule has 0 aliphatic heterocycles. The largest absolute Gasteiger partial charge is 0.389 e. The molecule has 3 fully saturated rings. The highest BCUT2D eigenvalue weighted by atomic mass is 17.1. The maximum atomic E-state index is 12.1. The first-order valence-electron chi connectivity index (χ1n) is 13.4. The highest BCUT2D eigenvalue weighted by Crippen LogP contribution is 2.67. The molecule has 0 bridgehead atoms. The van der Waals surface area contributed by atoms with Gasteiger partial charge in [-0.15, -0.1) is 6.58 Å². The molecule has 4 aliphatic rings. The van der Waals surface area contributed by atoms with Crippen LogP contribution < -0.4 is 0 Å². The van der Waals surface area contributed by atoms with Crippen molar-refractivity contribution in [1.29, 1.82) is 0 Å². The maximum absolute atomic E-state index is 12.1. The van der Waals surface area contributed by atoms with Gasteiger partial charge >= 0.3 is 0 Å². The van der Waals surface area contributed by atoms with Crippen molar-refractivity contribution in [3.63, 3.8) is 0 Å². The van der Waals surface area contributed by atoms with Crippen LogP contribution in [0.25, 0.3) is 0 Å². The van der Waals surface area contributed by atoms with Gasteiger partial charge in [0.15, 0.2) is 5.78 Å². The van der Waals surface area contributed by atoms with Gasteiger partial charge in [-0.2, -0.15) is 0 Å². The first-order chi connectivity index (χ1) is 15.5. The van der Waals surface area contributed by atoms with Gasteiger partial charge < -0.3 is 5.11 Å². The third-order valence-electron chi connectivity index (χ3n) is 11.2. The van der Waals surface area contributed by atoms with E-state index >= 15 is 0 Å². The van der Waals surface area contributed by atoms with Crippen molar-refractivity contribution in [2.24, 2.45) is 46.3 Å². The van der Waals surface area contributed by atoms with Crippen LogP contribution in [-0.2, 0) is 9.68 Å². The van der Waals surface area contributed by atoms with Crippen molar-refractivity contribution in [2.45, 2.75) is 104 Å². The van der Waals surface area contributed by atoms with E-state index in [9.17, 15) is 15.2 Å². The van der Waals surface area contributed by atoms with Gasteiger partial charge in [-0.05, 0) is 109 Å². The number of fused-ring (bicyclic) bond motifs is 5. The van der Waals surface area contributed by atoms with Crippen LogP contribution in [0.3, 0.4) is 0 Å². The molecule has 186 valence electrons. The Hall–Kier alpha value is -0.970. The van der Waals surface area contributed by atoms with Crippen molar-refractivity contribution >= 4 is 5.78 Å². The molecule has 0 aromatic rings. The van der Waals surface area contributed by atoms with Crippen molar-refractivity contribution in [1.82, 2.24) is 0 Å². The molecule has 33 heavy (non-hydrogen) atoms. The molecule has 2 N–H and O–H groups in total. The summed E-state index contributed by atoms with van der Waals surface area (Å²) in [4.78, 5) is 17.1. The summed E-state index contributed by atoms with van der Waals surface area (Å²) >= 11 is 0. The maximum Gasteiger partial charge on any atom is 0.155 e. The van der Waals surface area contributed by atoms with E-state index in [1.807, 2.05) is 0 Å². The van der Waals surface area contributed by atoms with Gasteiger partial charge in [0, 0.05) is 6.42 Å². The molecule has 0 radical (unpaired) electrons. The second-order valence-corrected chi connectivity index (χ2v) is 12.8. The number of carbonyl (C=O) groups excluding carboxylic acids is 1. The summed E-state index contributed by atoms with van der Waals surface area (Å²) in [6.45, 7) is 15.3. The zero-order valence-corrected chi connectivity index (χ0v) is 21.5. The molecule has 4 rings (SSSR count). The zero-order valence-electron chi connectivity index (χ0n) is 21.5. The Kier molecular flexibility index (Phi) is 6.79. The summed E-state index contributed by atoms with van der Waals surface area (Å²) in [6.07, 6.45) is 12.2. The molecule has 4 nitrogen and oxygen atoms in total. The summed E-state index contributed by atoms with van der Waals surface area (Å²) in [6, 6.07) is 0. The lowest BCUT2D eigenvalue weighted by Gasteiger charge is -2.59. The molecular weight excluding hydrogens is 412 g/mol. The summed E-state index contributed by atoms with van der Waals surface area (Å²) in [5, 5.41) is 20.8. The van der Waals surface area contributed by atoms with Crippen LogP contribution in [0.1, 0.15) is 92.4 Å². The molecule has 0 aromatic heterocycles. The smallest absolute Gasteiger partial charge is 0.155 e. The number of hydrogen-bond acceptors (Lipinski definition) is 4. The Morgan fingerprint density at radius 3 is 2.58 bits per heavy atom. The first-order valence-corrected chi connectivity index (χ1v) is 13.4. The molecule has 0 amide bonds. The van der Waals surface area contributed by atoms with Crippen LogP contribution >= 0.6 is 0 Å². The van der Waals surface area contributed by atoms with E-state index < -0.39 is 11.7 Å². The van der Waals surface area contributed by atoms with Gasteiger partial charge in [-0.3, -0.25) is 10.1 Å². The van der Waals surface area contributed by atoms with Crippen LogP contribution in [-0.4, -0.2) is 27.9 Å². The number of rotatable bonds is 7. The monoisotopic (exact) mass is 458 g/mol. The molecule has 4 aliphatic carbocycles. The number of aliphatic hydroxyl groups excluding tert-OH is 1. The molecular formula is C29H46O4. The van der Waals surface area contributed by atoms with Crippen LogP contribution in [0.2, 0.25) is 0 Å². The molecule has 0 saturated heterocycles. The fraction of sp³-hybridized carbons (Fsp3) is 0.828.